The molecule has 4 nitrogen and oxygen atoms in total. The molecule has 0 saturated carbocycles. The van der Waals surface area contributed by atoms with Gasteiger partial charge in [0, 0.05) is 23.2 Å². The zero-order chi connectivity index (χ0) is 14.1. The van der Waals surface area contributed by atoms with Gasteiger partial charge in [-0.05, 0) is 31.2 Å². The topological polar surface area (TPSA) is 54.6 Å². The molecule has 20 heavy (non-hydrogen) atoms. The van der Waals surface area contributed by atoms with Crippen LogP contribution in [-0.4, -0.2) is 20.5 Å². The van der Waals surface area contributed by atoms with Crippen molar-refractivity contribution in [2.45, 2.75) is 26.2 Å². The molecular formula is C14H14N2O2S2. The van der Waals surface area contributed by atoms with Crippen LogP contribution in [0.2, 0.25) is 0 Å². The molecule has 0 amide bonds. The standard InChI is InChI=1S/C14H14N2O2S2/c1-9-13(11-5-3-7-19-11)15-14-16(9)10(8-20-14)4-2-6-12(17)18/h3,5,7-8H,2,4,6H2,1H3,(H,17,18). The Morgan fingerprint density at radius 3 is 3.00 bits per heavy atom. The summed E-state index contributed by atoms with van der Waals surface area (Å²) in [6.07, 6.45) is 1.64. The van der Waals surface area contributed by atoms with Gasteiger partial charge >= 0.3 is 5.97 Å². The summed E-state index contributed by atoms with van der Waals surface area (Å²) in [6.45, 7) is 2.07. The Kier molecular flexibility index (Phi) is 3.58. The molecule has 1 N–H and O–H groups in total. The smallest absolute Gasteiger partial charge is 0.303 e. The van der Waals surface area contributed by atoms with Crippen molar-refractivity contribution < 1.29 is 9.90 Å². The van der Waals surface area contributed by atoms with E-state index in [0.29, 0.717) is 6.42 Å². The van der Waals surface area contributed by atoms with Gasteiger partial charge in [0.25, 0.3) is 0 Å². The molecule has 3 heterocycles. The van der Waals surface area contributed by atoms with Crippen molar-refractivity contribution in [3.05, 3.63) is 34.3 Å². The fourth-order valence-electron chi connectivity index (χ4n) is 2.30. The van der Waals surface area contributed by atoms with Gasteiger partial charge in [-0.25, -0.2) is 4.98 Å². The second-order valence-electron chi connectivity index (χ2n) is 4.62. The normalized spacial score (nSPS) is 11.2. The lowest BCUT2D eigenvalue weighted by molar-refractivity contribution is -0.137. The van der Waals surface area contributed by atoms with Gasteiger partial charge in [-0.3, -0.25) is 9.20 Å². The van der Waals surface area contributed by atoms with E-state index in [2.05, 4.69) is 28.2 Å². The molecule has 0 fully saturated rings. The molecule has 104 valence electrons. The first-order valence-electron chi connectivity index (χ1n) is 6.38. The number of carboxylic acids is 1. The predicted octanol–water partition coefficient (Wildman–Crippen LogP) is 3.84. The third-order valence-corrected chi connectivity index (χ3v) is 4.99. The van der Waals surface area contributed by atoms with Crippen molar-refractivity contribution in [1.82, 2.24) is 9.38 Å². The fraction of sp³-hybridized carbons (Fsp3) is 0.286. The summed E-state index contributed by atoms with van der Waals surface area (Å²) in [6, 6.07) is 4.11. The number of fused-ring (bicyclic) bond motifs is 1. The molecule has 0 aliphatic carbocycles. The number of aromatic nitrogens is 2. The minimum atomic E-state index is -0.738. The Balaban J connectivity index is 1.93. The van der Waals surface area contributed by atoms with Gasteiger partial charge in [0.05, 0.1) is 4.88 Å². The van der Waals surface area contributed by atoms with E-state index in [1.807, 2.05) is 6.07 Å². The molecule has 0 bridgehead atoms. The molecule has 0 spiro atoms. The number of imidazole rings is 1. The second kappa shape index (κ2) is 5.38. The Morgan fingerprint density at radius 2 is 2.30 bits per heavy atom. The Labute approximate surface area is 124 Å². The molecule has 0 aliphatic heterocycles. The van der Waals surface area contributed by atoms with E-state index in [1.54, 1.807) is 22.7 Å². The number of thiazole rings is 1. The van der Waals surface area contributed by atoms with Crippen molar-refractivity contribution in [1.29, 1.82) is 0 Å². The number of hydrogen-bond donors (Lipinski definition) is 1. The number of carboxylic acid groups (broad SMARTS) is 1. The molecule has 0 atom stereocenters. The maximum Gasteiger partial charge on any atom is 0.303 e. The Bertz CT molecular complexity index is 741. The summed E-state index contributed by atoms with van der Waals surface area (Å²) >= 11 is 3.30. The fourth-order valence-corrected chi connectivity index (χ4v) is 4.04. The molecule has 0 radical (unpaired) electrons. The predicted molar refractivity (Wildman–Crippen MR) is 81.7 cm³/mol. The zero-order valence-corrected chi connectivity index (χ0v) is 12.6. The molecule has 6 heteroatoms. The van der Waals surface area contributed by atoms with Crippen molar-refractivity contribution in [3.63, 3.8) is 0 Å². The molecule has 0 aromatic carbocycles. The molecule has 0 aliphatic rings. The zero-order valence-electron chi connectivity index (χ0n) is 11.0. The van der Waals surface area contributed by atoms with E-state index < -0.39 is 5.97 Å². The summed E-state index contributed by atoms with van der Waals surface area (Å²) in [4.78, 5) is 17.5. The van der Waals surface area contributed by atoms with Crippen molar-refractivity contribution in [2.24, 2.45) is 0 Å². The number of aryl methyl sites for hydroxylation is 2. The van der Waals surface area contributed by atoms with Crippen molar-refractivity contribution in [3.8, 4) is 10.6 Å². The number of aliphatic carboxylic acids is 1. The highest BCUT2D eigenvalue weighted by Gasteiger charge is 2.15. The van der Waals surface area contributed by atoms with Crippen LogP contribution in [0.3, 0.4) is 0 Å². The van der Waals surface area contributed by atoms with Gasteiger partial charge in [0.1, 0.15) is 5.69 Å². The third kappa shape index (κ3) is 2.36. The number of carbonyl (C=O) groups is 1. The first kappa shape index (κ1) is 13.3. The summed E-state index contributed by atoms with van der Waals surface area (Å²) in [5, 5.41) is 12.9. The average Bonchev–Trinajstić information content (AvgIpc) is 3.08. The first-order chi connectivity index (χ1) is 9.66. The molecular weight excluding hydrogens is 292 g/mol. The van der Waals surface area contributed by atoms with Gasteiger partial charge < -0.3 is 5.11 Å². The molecule has 0 unspecified atom stereocenters. The van der Waals surface area contributed by atoms with Crippen LogP contribution in [0.15, 0.2) is 22.9 Å². The molecule has 3 rings (SSSR count). The number of thiophene rings is 1. The number of nitrogens with zero attached hydrogens (tertiary/aromatic N) is 2. The maximum absolute atomic E-state index is 10.6. The van der Waals surface area contributed by atoms with Gasteiger partial charge in [0.15, 0.2) is 4.96 Å². The van der Waals surface area contributed by atoms with E-state index in [-0.39, 0.29) is 6.42 Å². The summed E-state index contributed by atoms with van der Waals surface area (Å²) in [5.41, 5.74) is 3.32. The lowest BCUT2D eigenvalue weighted by Crippen LogP contribution is -1.98. The van der Waals surface area contributed by atoms with Crippen LogP contribution in [-0.2, 0) is 11.2 Å². The second-order valence-corrected chi connectivity index (χ2v) is 6.40. The maximum atomic E-state index is 10.6. The van der Waals surface area contributed by atoms with Gasteiger partial charge in [0.2, 0.25) is 0 Å². The van der Waals surface area contributed by atoms with Crippen LogP contribution in [0, 0.1) is 6.92 Å². The molecule has 0 saturated heterocycles. The van der Waals surface area contributed by atoms with Crippen LogP contribution in [0.5, 0.6) is 0 Å². The lowest BCUT2D eigenvalue weighted by Gasteiger charge is -2.01. The average molecular weight is 306 g/mol. The highest BCUT2D eigenvalue weighted by atomic mass is 32.1. The van der Waals surface area contributed by atoms with Crippen molar-refractivity contribution >= 4 is 33.6 Å². The highest BCUT2D eigenvalue weighted by molar-refractivity contribution is 7.15. The molecule has 3 aromatic heterocycles. The highest BCUT2D eigenvalue weighted by Crippen LogP contribution is 2.31. The number of rotatable bonds is 5. The van der Waals surface area contributed by atoms with Crippen LogP contribution < -0.4 is 0 Å². The third-order valence-electron chi connectivity index (χ3n) is 3.24. The van der Waals surface area contributed by atoms with Crippen LogP contribution in [0.25, 0.3) is 15.5 Å². The quantitative estimate of drug-likeness (QED) is 0.779. The molecule has 3 aromatic rings. The lowest BCUT2D eigenvalue weighted by atomic mass is 10.2. The SMILES string of the molecule is Cc1c(-c2cccs2)nc2scc(CCCC(=O)O)n12. The number of hydrogen-bond acceptors (Lipinski definition) is 4. The van der Waals surface area contributed by atoms with E-state index >= 15 is 0 Å². The largest absolute Gasteiger partial charge is 0.481 e. The first-order valence-corrected chi connectivity index (χ1v) is 8.14. The minimum absolute atomic E-state index is 0.211. The Morgan fingerprint density at radius 1 is 1.45 bits per heavy atom. The van der Waals surface area contributed by atoms with E-state index in [0.717, 1.165) is 28.5 Å². The summed E-state index contributed by atoms with van der Waals surface area (Å²) in [7, 11) is 0. The van der Waals surface area contributed by atoms with E-state index in [9.17, 15) is 4.79 Å². The van der Waals surface area contributed by atoms with Crippen LogP contribution in [0.1, 0.15) is 24.2 Å². The van der Waals surface area contributed by atoms with Crippen LogP contribution in [0.4, 0.5) is 0 Å². The van der Waals surface area contributed by atoms with Gasteiger partial charge in [-0.1, -0.05) is 6.07 Å². The van der Waals surface area contributed by atoms with E-state index in [1.165, 1.54) is 4.88 Å². The minimum Gasteiger partial charge on any atom is -0.481 e. The monoisotopic (exact) mass is 306 g/mol. The summed E-state index contributed by atoms with van der Waals surface area (Å²) < 4.78 is 2.15. The Hall–Kier alpha value is -1.66. The summed E-state index contributed by atoms with van der Waals surface area (Å²) in [5.74, 6) is -0.738. The van der Waals surface area contributed by atoms with Crippen LogP contribution >= 0.6 is 22.7 Å². The van der Waals surface area contributed by atoms with Gasteiger partial charge in [-0.15, -0.1) is 22.7 Å². The van der Waals surface area contributed by atoms with Crippen molar-refractivity contribution in [2.75, 3.05) is 0 Å². The van der Waals surface area contributed by atoms with E-state index in [4.69, 9.17) is 10.1 Å². The van der Waals surface area contributed by atoms with Gasteiger partial charge in [-0.2, -0.15) is 0 Å².